The van der Waals surface area contributed by atoms with E-state index >= 15 is 0 Å². The van der Waals surface area contributed by atoms with E-state index in [2.05, 4.69) is 5.32 Å². The molecule has 0 saturated carbocycles. The number of anilines is 1. The zero-order valence-corrected chi connectivity index (χ0v) is 18.0. The molecule has 2 amide bonds. The van der Waals surface area contributed by atoms with Crippen LogP contribution in [-0.2, 0) is 16.2 Å². The van der Waals surface area contributed by atoms with Crippen molar-refractivity contribution in [3.63, 3.8) is 0 Å². The lowest BCUT2D eigenvalue weighted by atomic mass is 10.1. The number of hydrogen-bond donors (Lipinski definition) is 2. The lowest BCUT2D eigenvalue weighted by molar-refractivity contribution is -0.122. The van der Waals surface area contributed by atoms with E-state index in [4.69, 9.17) is 17.0 Å². The van der Waals surface area contributed by atoms with Gasteiger partial charge >= 0.3 is 5.97 Å². The first-order chi connectivity index (χ1) is 15.9. The van der Waals surface area contributed by atoms with Crippen LogP contribution in [0.2, 0.25) is 0 Å². The Morgan fingerprint density at radius 2 is 1.73 bits per heavy atom. The maximum Gasteiger partial charge on any atom is 0.335 e. The third-order valence-electron chi connectivity index (χ3n) is 4.91. The standard InChI is InChI=1S/C25H18N2O5S/c28-22-20(14-17-9-4-5-12-21(17)32-15-16-7-2-1-3-8-16)23(29)27(25(33)26-22)19-11-6-10-18(13-19)24(30)31/h1-14H,15H2,(H,30,31)(H,26,28,33). The zero-order chi connectivity index (χ0) is 23.4. The third-order valence-corrected chi connectivity index (χ3v) is 5.19. The highest BCUT2D eigenvalue weighted by Crippen LogP contribution is 2.26. The summed E-state index contributed by atoms with van der Waals surface area (Å²) in [6.07, 6.45) is 1.44. The number of carboxylic acids is 1. The number of aromatic carboxylic acids is 1. The number of carbonyl (C=O) groups is 3. The molecule has 4 rings (SSSR count). The number of amides is 2. The van der Waals surface area contributed by atoms with Gasteiger partial charge in [-0.3, -0.25) is 19.8 Å². The molecule has 0 atom stereocenters. The van der Waals surface area contributed by atoms with E-state index in [-0.39, 0.29) is 21.9 Å². The summed E-state index contributed by atoms with van der Waals surface area (Å²) in [5.41, 5.74) is 1.59. The molecule has 1 aliphatic heterocycles. The Labute approximate surface area is 194 Å². The maximum absolute atomic E-state index is 13.2. The number of benzene rings is 3. The van der Waals surface area contributed by atoms with Gasteiger partial charge in [0.2, 0.25) is 0 Å². The SMILES string of the molecule is O=C1NC(=S)N(c2cccc(C(=O)O)c2)C(=O)C1=Cc1ccccc1OCc1ccccc1. The fourth-order valence-electron chi connectivity index (χ4n) is 3.29. The fraction of sp³-hybridized carbons (Fsp3) is 0.0400. The van der Waals surface area contributed by atoms with Gasteiger partial charge in [0.15, 0.2) is 5.11 Å². The number of nitrogens with one attached hydrogen (secondary N) is 1. The Bertz CT molecular complexity index is 1290. The number of ether oxygens (including phenoxy) is 1. The van der Waals surface area contributed by atoms with Gasteiger partial charge in [-0.25, -0.2) is 4.79 Å². The largest absolute Gasteiger partial charge is 0.488 e. The molecule has 2 N–H and O–H groups in total. The van der Waals surface area contributed by atoms with Crippen molar-refractivity contribution in [3.05, 3.63) is 101 Å². The second kappa shape index (κ2) is 9.46. The van der Waals surface area contributed by atoms with Crippen molar-refractivity contribution in [1.29, 1.82) is 0 Å². The summed E-state index contributed by atoms with van der Waals surface area (Å²) < 4.78 is 5.92. The van der Waals surface area contributed by atoms with Gasteiger partial charge in [-0.2, -0.15) is 0 Å². The van der Waals surface area contributed by atoms with E-state index in [9.17, 15) is 19.5 Å². The molecule has 7 nitrogen and oxygen atoms in total. The summed E-state index contributed by atoms with van der Waals surface area (Å²) in [6.45, 7) is 0.319. The molecule has 0 radical (unpaired) electrons. The van der Waals surface area contributed by atoms with Gasteiger partial charge in [0.05, 0.1) is 11.3 Å². The molecule has 164 valence electrons. The summed E-state index contributed by atoms with van der Waals surface area (Å²) in [7, 11) is 0. The number of para-hydroxylation sites is 1. The number of hydrogen-bond acceptors (Lipinski definition) is 5. The Morgan fingerprint density at radius 1 is 1.00 bits per heavy atom. The first-order valence-corrected chi connectivity index (χ1v) is 10.4. The molecule has 8 heteroatoms. The van der Waals surface area contributed by atoms with Crippen LogP contribution in [0.15, 0.2) is 84.4 Å². The van der Waals surface area contributed by atoms with Crippen LogP contribution in [-0.4, -0.2) is 28.0 Å². The number of rotatable bonds is 6. The lowest BCUT2D eigenvalue weighted by Crippen LogP contribution is -2.54. The summed E-state index contributed by atoms with van der Waals surface area (Å²) >= 11 is 5.19. The maximum atomic E-state index is 13.2. The Balaban J connectivity index is 1.66. The van der Waals surface area contributed by atoms with Crippen molar-refractivity contribution >= 4 is 46.9 Å². The second-order valence-corrected chi connectivity index (χ2v) is 7.51. The van der Waals surface area contributed by atoms with E-state index in [1.165, 1.54) is 24.3 Å². The minimum Gasteiger partial charge on any atom is -0.488 e. The highest BCUT2D eigenvalue weighted by Gasteiger charge is 2.35. The molecular weight excluding hydrogens is 440 g/mol. The summed E-state index contributed by atoms with van der Waals surface area (Å²) in [5, 5.41) is 11.6. The molecule has 0 bridgehead atoms. The normalized spacial score (nSPS) is 14.8. The number of carboxylic acid groups (broad SMARTS) is 1. The van der Waals surface area contributed by atoms with Gasteiger partial charge in [-0.1, -0.05) is 54.6 Å². The van der Waals surface area contributed by atoms with Crippen molar-refractivity contribution in [3.8, 4) is 5.75 Å². The van der Waals surface area contributed by atoms with E-state index in [0.717, 1.165) is 10.5 Å². The quantitative estimate of drug-likeness (QED) is 0.332. The molecular formula is C25H18N2O5S. The summed E-state index contributed by atoms with van der Waals surface area (Å²) in [5.74, 6) is -1.95. The highest BCUT2D eigenvalue weighted by atomic mass is 32.1. The molecule has 0 unspecified atom stereocenters. The zero-order valence-electron chi connectivity index (χ0n) is 17.2. The fourth-order valence-corrected chi connectivity index (χ4v) is 3.57. The van der Waals surface area contributed by atoms with Crippen molar-refractivity contribution in [2.24, 2.45) is 0 Å². The second-order valence-electron chi connectivity index (χ2n) is 7.13. The molecule has 0 aliphatic carbocycles. The van der Waals surface area contributed by atoms with Gasteiger partial charge in [0.25, 0.3) is 11.8 Å². The molecule has 0 aromatic heterocycles. The van der Waals surface area contributed by atoms with Crippen molar-refractivity contribution in [2.75, 3.05) is 4.90 Å². The average molecular weight is 458 g/mol. The Morgan fingerprint density at radius 3 is 2.48 bits per heavy atom. The van der Waals surface area contributed by atoms with E-state index in [0.29, 0.717) is 17.9 Å². The van der Waals surface area contributed by atoms with E-state index in [1.54, 1.807) is 30.3 Å². The van der Waals surface area contributed by atoms with Gasteiger partial charge < -0.3 is 9.84 Å². The Hall–Kier alpha value is -4.30. The van der Waals surface area contributed by atoms with Crippen molar-refractivity contribution in [1.82, 2.24) is 5.32 Å². The van der Waals surface area contributed by atoms with Crippen LogP contribution in [0.3, 0.4) is 0 Å². The predicted molar refractivity (Wildman–Crippen MR) is 127 cm³/mol. The molecule has 0 spiro atoms. The predicted octanol–water partition coefficient (Wildman–Crippen LogP) is 3.80. The lowest BCUT2D eigenvalue weighted by Gasteiger charge is -2.29. The van der Waals surface area contributed by atoms with Crippen LogP contribution in [0.25, 0.3) is 6.08 Å². The van der Waals surface area contributed by atoms with Gasteiger partial charge in [-0.05, 0) is 48.1 Å². The smallest absolute Gasteiger partial charge is 0.335 e. The molecule has 1 aliphatic rings. The molecule has 3 aromatic carbocycles. The third kappa shape index (κ3) is 4.81. The minimum atomic E-state index is -1.14. The van der Waals surface area contributed by atoms with Crippen molar-refractivity contribution in [2.45, 2.75) is 6.61 Å². The Kier molecular flexibility index (Phi) is 6.28. The first-order valence-electron chi connectivity index (χ1n) is 9.94. The minimum absolute atomic E-state index is 0.00909. The number of nitrogens with zero attached hydrogens (tertiary/aromatic N) is 1. The van der Waals surface area contributed by atoms with Gasteiger partial charge in [-0.15, -0.1) is 0 Å². The van der Waals surface area contributed by atoms with Crippen LogP contribution in [0, 0.1) is 0 Å². The molecule has 1 fully saturated rings. The topological polar surface area (TPSA) is 95.9 Å². The monoisotopic (exact) mass is 458 g/mol. The van der Waals surface area contributed by atoms with Crippen LogP contribution in [0.5, 0.6) is 5.75 Å². The highest BCUT2D eigenvalue weighted by molar-refractivity contribution is 7.80. The summed E-state index contributed by atoms with van der Waals surface area (Å²) in [6, 6.07) is 22.4. The first kappa shape index (κ1) is 21.9. The van der Waals surface area contributed by atoms with E-state index < -0.39 is 17.8 Å². The van der Waals surface area contributed by atoms with Gasteiger partial charge in [0, 0.05) is 5.56 Å². The molecule has 3 aromatic rings. The van der Waals surface area contributed by atoms with Crippen molar-refractivity contribution < 1.29 is 24.2 Å². The van der Waals surface area contributed by atoms with Crippen LogP contribution in [0.4, 0.5) is 5.69 Å². The van der Waals surface area contributed by atoms with Crippen LogP contribution < -0.4 is 15.0 Å². The van der Waals surface area contributed by atoms with Crippen LogP contribution >= 0.6 is 12.2 Å². The molecule has 33 heavy (non-hydrogen) atoms. The summed E-state index contributed by atoms with van der Waals surface area (Å²) in [4.78, 5) is 38.3. The molecule has 1 heterocycles. The van der Waals surface area contributed by atoms with E-state index in [1.807, 2.05) is 30.3 Å². The van der Waals surface area contributed by atoms with Gasteiger partial charge in [0.1, 0.15) is 17.9 Å². The molecule has 1 saturated heterocycles. The number of carbonyl (C=O) groups excluding carboxylic acids is 2. The van der Waals surface area contributed by atoms with Crippen LogP contribution in [0.1, 0.15) is 21.5 Å². The number of thiocarbonyl (C=S) groups is 1. The average Bonchev–Trinajstić information content (AvgIpc) is 2.82.